The van der Waals surface area contributed by atoms with E-state index in [1.807, 2.05) is 18.2 Å². The van der Waals surface area contributed by atoms with E-state index in [4.69, 9.17) is 0 Å². The van der Waals surface area contributed by atoms with Crippen LogP contribution in [0.5, 0.6) is 0 Å². The number of nitrogens with zero attached hydrogens (tertiary/aromatic N) is 1. The minimum absolute atomic E-state index is 0.0703. The van der Waals surface area contributed by atoms with Crippen LogP contribution in [-0.2, 0) is 12.8 Å². The number of nitrogens with one attached hydrogen (secondary N) is 3. The van der Waals surface area contributed by atoms with Crippen LogP contribution in [-0.4, -0.2) is 28.1 Å². The molecule has 0 atom stereocenters. The SMILES string of the molecule is CNC(=O)c1ccc2[nH]c(-c3n[nH]c4c3CCC(C)(C)C4)cc2c1. The molecule has 2 heterocycles. The summed E-state index contributed by atoms with van der Waals surface area (Å²) in [6, 6.07) is 7.78. The molecule has 1 aromatic carbocycles. The molecule has 2 aromatic heterocycles. The summed E-state index contributed by atoms with van der Waals surface area (Å²) in [5.74, 6) is -0.0703. The van der Waals surface area contributed by atoms with Crippen molar-refractivity contribution in [1.29, 1.82) is 0 Å². The average molecular weight is 322 g/mol. The van der Waals surface area contributed by atoms with Crippen LogP contribution >= 0.6 is 0 Å². The van der Waals surface area contributed by atoms with Crippen LogP contribution in [0.1, 0.15) is 41.9 Å². The maximum Gasteiger partial charge on any atom is 0.251 e. The van der Waals surface area contributed by atoms with Gasteiger partial charge >= 0.3 is 0 Å². The van der Waals surface area contributed by atoms with Gasteiger partial charge in [0.15, 0.2) is 0 Å². The Kier molecular flexibility index (Phi) is 3.27. The largest absolute Gasteiger partial charge is 0.355 e. The van der Waals surface area contributed by atoms with E-state index >= 15 is 0 Å². The highest BCUT2D eigenvalue weighted by Gasteiger charge is 2.29. The standard InChI is InChI=1S/C19H22N4O/c1-19(2)7-6-13-16(10-19)22-23-17(13)15-9-12-8-11(18(24)20-3)4-5-14(12)21-15/h4-5,8-9,21H,6-7,10H2,1-3H3,(H,20,24)(H,22,23). The molecule has 0 aliphatic heterocycles. The van der Waals surface area contributed by atoms with Crippen molar-refractivity contribution in [3.63, 3.8) is 0 Å². The number of rotatable bonds is 2. The molecule has 5 heteroatoms. The number of amides is 1. The molecular weight excluding hydrogens is 300 g/mol. The van der Waals surface area contributed by atoms with Crippen LogP contribution in [0.3, 0.4) is 0 Å². The summed E-state index contributed by atoms with van der Waals surface area (Å²) in [6.07, 6.45) is 3.26. The van der Waals surface area contributed by atoms with Crippen molar-refractivity contribution in [2.75, 3.05) is 7.05 Å². The molecule has 124 valence electrons. The van der Waals surface area contributed by atoms with Gasteiger partial charge in [-0.1, -0.05) is 13.8 Å². The number of hydrogen-bond acceptors (Lipinski definition) is 2. The summed E-state index contributed by atoms with van der Waals surface area (Å²) in [7, 11) is 1.65. The normalized spacial score (nSPS) is 16.1. The van der Waals surface area contributed by atoms with Gasteiger partial charge in [-0.25, -0.2) is 0 Å². The van der Waals surface area contributed by atoms with Gasteiger partial charge in [0.05, 0.1) is 5.69 Å². The molecule has 24 heavy (non-hydrogen) atoms. The molecule has 1 aliphatic carbocycles. The van der Waals surface area contributed by atoms with E-state index < -0.39 is 0 Å². The molecule has 3 N–H and O–H groups in total. The molecule has 0 bridgehead atoms. The fraction of sp³-hybridized carbons (Fsp3) is 0.368. The first kappa shape index (κ1) is 15.0. The Morgan fingerprint density at radius 3 is 2.92 bits per heavy atom. The summed E-state index contributed by atoms with van der Waals surface area (Å²) in [6.45, 7) is 4.61. The summed E-state index contributed by atoms with van der Waals surface area (Å²) in [5.41, 5.74) is 6.62. The Hall–Kier alpha value is -2.56. The van der Waals surface area contributed by atoms with Crippen LogP contribution in [0.25, 0.3) is 22.3 Å². The molecule has 0 spiro atoms. The van der Waals surface area contributed by atoms with E-state index in [0.717, 1.165) is 35.1 Å². The van der Waals surface area contributed by atoms with Crippen LogP contribution in [0.15, 0.2) is 24.3 Å². The van der Waals surface area contributed by atoms with Crippen LogP contribution in [0.2, 0.25) is 0 Å². The van der Waals surface area contributed by atoms with Crippen molar-refractivity contribution in [1.82, 2.24) is 20.5 Å². The zero-order valence-corrected chi connectivity index (χ0v) is 14.3. The Bertz CT molecular complexity index is 932. The third-order valence-corrected chi connectivity index (χ3v) is 5.03. The van der Waals surface area contributed by atoms with Gasteiger partial charge in [-0.15, -0.1) is 0 Å². The monoisotopic (exact) mass is 322 g/mol. The second-order valence-electron chi connectivity index (χ2n) is 7.43. The van der Waals surface area contributed by atoms with Gasteiger partial charge in [0.2, 0.25) is 0 Å². The molecule has 0 fully saturated rings. The first-order valence-corrected chi connectivity index (χ1v) is 8.38. The highest BCUT2D eigenvalue weighted by atomic mass is 16.1. The van der Waals surface area contributed by atoms with Gasteiger partial charge in [-0.3, -0.25) is 9.89 Å². The van der Waals surface area contributed by atoms with Gasteiger partial charge in [-0.05, 0) is 48.9 Å². The lowest BCUT2D eigenvalue weighted by Gasteiger charge is -2.28. The molecule has 4 rings (SSSR count). The molecule has 0 unspecified atom stereocenters. The van der Waals surface area contributed by atoms with E-state index in [-0.39, 0.29) is 5.91 Å². The maximum atomic E-state index is 11.8. The average Bonchev–Trinajstić information content (AvgIpc) is 3.15. The topological polar surface area (TPSA) is 73.6 Å². The van der Waals surface area contributed by atoms with Crippen molar-refractivity contribution < 1.29 is 4.79 Å². The van der Waals surface area contributed by atoms with Crippen LogP contribution in [0.4, 0.5) is 0 Å². The quantitative estimate of drug-likeness (QED) is 0.676. The molecule has 5 nitrogen and oxygen atoms in total. The molecule has 0 saturated carbocycles. The molecule has 1 aliphatic rings. The first-order chi connectivity index (χ1) is 11.5. The Morgan fingerprint density at radius 2 is 2.12 bits per heavy atom. The predicted molar refractivity (Wildman–Crippen MR) is 95.1 cm³/mol. The van der Waals surface area contributed by atoms with E-state index in [1.54, 1.807) is 7.05 Å². The molecule has 3 aromatic rings. The second kappa shape index (κ2) is 5.23. The third kappa shape index (κ3) is 2.40. The summed E-state index contributed by atoms with van der Waals surface area (Å²) in [4.78, 5) is 15.2. The molecular formula is C19H22N4O. The van der Waals surface area contributed by atoms with E-state index in [9.17, 15) is 4.79 Å². The molecule has 0 radical (unpaired) electrons. The van der Waals surface area contributed by atoms with Gasteiger partial charge < -0.3 is 10.3 Å². The van der Waals surface area contributed by atoms with E-state index in [2.05, 4.69) is 40.4 Å². The number of aromatic amines is 2. The van der Waals surface area contributed by atoms with Crippen molar-refractivity contribution in [3.8, 4) is 11.4 Å². The second-order valence-corrected chi connectivity index (χ2v) is 7.43. The van der Waals surface area contributed by atoms with Crippen molar-refractivity contribution in [3.05, 3.63) is 41.1 Å². The van der Waals surface area contributed by atoms with Gasteiger partial charge in [0, 0.05) is 34.8 Å². The zero-order valence-electron chi connectivity index (χ0n) is 14.3. The minimum Gasteiger partial charge on any atom is -0.355 e. The zero-order chi connectivity index (χ0) is 16.9. The van der Waals surface area contributed by atoms with Crippen LogP contribution in [0, 0.1) is 5.41 Å². The first-order valence-electron chi connectivity index (χ1n) is 8.38. The highest BCUT2D eigenvalue weighted by Crippen LogP contribution is 2.38. The third-order valence-electron chi connectivity index (χ3n) is 5.03. The number of benzene rings is 1. The fourth-order valence-electron chi connectivity index (χ4n) is 3.62. The lowest BCUT2D eigenvalue weighted by molar-refractivity contribution is 0.0963. The van der Waals surface area contributed by atoms with Crippen molar-refractivity contribution >= 4 is 16.8 Å². The number of carbonyl (C=O) groups is 1. The van der Waals surface area contributed by atoms with Crippen molar-refractivity contribution in [2.45, 2.75) is 33.1 Å². The number of H-pyrrole nitrogens is 2. The lowest BCUT2D eigenvalue weighted by atomic mass is 9.76. The summed E-state index contributed by atoms with van der Waals surface area (Å²) < 4.78 is 0. The molecule has 0 saturated heterocycles. The van der Waals surface area contributed by atoms with E-state index in [0.29, 0.717) is 11.0 Å². The Labute approximate surface area is 140 Å². The van der Waals surface area contributed by atoms with Gasteiger partial charge in [-0.2, -0.15) is 5.10 Å². The lowest BCUT2D eigenvalue weighted by Crippen LogP contribution is -2.21. The highest BCUT2D eigenvalue weighted by molar-refractivity contribution is 5.98. The van der Waals surface area contributed by atoms with Crippen molar-refractivity contribution in [2.24, 2.45) is 5.41 Å². The predicted octanol–water partition coefficient (Wildman–Crippen LogP) is 3.43. The van der Waals surface area contributed by atoms with E-state index in [1.165, 1.54) is 17.7 Å². The summed E-state index contributed by atoms with van der Waals surface area (Å²) in [5, 5.41) is 11.5. The van der Waals surface area contributed by atoms with Crippen LogP contribution < -0.4 is 5.32 Å². The number of fused-ring (bicyclic) bond motifs is 2. The Morgan fingerprint density at radius 1 is 1.29 bits per heavy atom. The number of aromatic nitrogens is 3. The summed E-state index contributed by atoms with van der Waals surface area (Å²) >= 11 is 0. The fourth-order valence-corrected chi connectivity index (χ4v) is 3.62. The molecule has 1 amide bonds. The smallest absolute Gasteiger partial charge is 0.251 e. The van der Waals surface area contributed by atoms with Gasteiger partial charge in [0.1, 0.15) is 5.69 Å². The minimum atomic E-state index is -0.0703. The number of hydrogen-bond donors (Lipinski definition) is 3. The number of carbonyl (C=O) groups excluding carboxylic acids is 1. The Balaban J connectivity index is 1.75. The maximum absolute atomic E-state index is 11.8. The van der Waals surface area contributed by atoms with Gasteiger partial charge in [0.25, 0.3) is 5.91 Å².